The minimum absolute atomic E-state index is 0.184. The molecule has 2 aliphatic carbocycles. The Kier molecular flexibility index (Phi) is 7.70. The second-order valence-electron chi connectivity index (χ2n) is 9.68. The van der Waals surface area contributed by atoms with Gasteiger partial charge in [0.15, 0.2) is 5.54 Å². The van der Waals surface area contributed by atoms with Crippen molar-refractivity contribution in [3.63, 3.8) is 0 Å². The van der Waals surface area contributed by atoms with Gasteiger partial charge in [0.2, 0.25) is 17.0 Å². The Morgan fingerprint density at radius 1 is 0.838 bits per heavy atom. The maximum Gasteiger partial charge on any atom is 0.340 e. The number of aromatic nitrogens is 2. The van der Waals surface area contributed by atoms with Gasteiger partial charge in [0.25, 0.3) is 5.91 Å². The highest BCUT2D eigenvalue weighted by molar-refractivity contribution is 6.07. The zero-order valence-corrected chi connectivity index (χ0v) is 20.4. The molecule has 2 fully saturated rings. The van der Waals surface area contributed by atoms with Gasteiger partial charge in [0.1, 0.15) is 5.54 Å². The van der Waals surface area contributed by atoms with Crippen LogP contribution in [0.15, 0.2) is 51.2 Å². The molecule has 11 heteroatoms. The fourth-order valence-electron chi connectivity index (χ4n) is 4.95. The van der Waals surface area contributed by atoms with E-state index in [1.165, 1.54) is 30.6 Å². The van der Waals surface area contributed by atoms with Gasteiger partial charge in [0, 0.05) is 24.5 Å². The number of carbonyl (C=O) groups is 3. The minimum Gasteiger partial charge on any atom is -0.480 e. The molecule has 5 rings (SSSR count). The van der Waals surface area contributed by atoms with Crippen LogP contribution in [0.5, 0.6) is 0 Å². The monoisotopic (exact) mass is 510 g/mol. The standard InChI is InChI=1S/C13H16N2O4.C13H14N2O3/c16-10-5-4-9(8-14-10)11(17)15-13(12(18)19)6-2-1-3-7-13;16-10-5-4-9(8-14-10)11-15-13(12(17)18-11)6-2-1-3-7-13/h4-5,8H,1-3,6-7H2,(H,14,16)(H,15,17)(H,18,19);4-5,8H,1-3,6-7H2,(H,14,16). The zero-order valence-electron chi connectivity index (χ0n) is 20.4. The Balaban J connectivity index is 0.000000173. The summed E-state index contributed by atoms with van der Waals surface area (Å²) in [5.74, 6) is -1.38. The van der Waals surface area contributed by atoms with Crippen LogP contribution in [0.3, 0.4) is 0 Å². The van der Waals surface area contributed by atoms with Crippen molar-refractivity contribution in [1.82, 2.24) is 15.3 Å². The van der Waals surface area contributed by atoms with E-state index in [9.17, 15) is 29.1 Å². The lowest BCUT2D eigenvalue weighted by Crippen LogP contribution is -2.55. The fourth-order valence-corrected chi connectivity index (χ4v) is 4.95. The number of carbonyl (C=O) groups excluding carboxylic acids is 2. The van der Waals surface area contributed by atoms with E-state index in [0.29, 0.717) is 24.3 Å². The first-order valence-electron chi connectivity index (χ1n) is 12.5. The first-order valence-corrected chi connectivity index (χ1v) is 12.5. The van der Waals surface area contributed by atoms with Crippen molar-refractivity contribution in [1.29, 1.82) is 0 Å². The molecule has 1 aliphatic heterocycles. The quantitative estimate of drug-likeness (QED) is 0.457. The number of pyridine rings is 2. The summed E-state index contributed by atoms with van der Waals surface area (Å²) < 4.78 is 5.27. The molecule has 1 amide bonds. The number of hydrogen-bond donors (Lipinski definition) is 4. The van der Waals surface area contributed by atoms with Gasteiger partial charge in [-0.3, -0.25) is 14.4 Å². The number of amides is 1. The zero-order chi connectivity index (χ0) is 26.5. The number of cyclic esters (lactones) is 1. The molecule has 0 bridgehead atoms. The van der Waals surface area contributed by atoms with Crippen molar-refractivity contribution >= 4 is 23.7 Å². The number of aliphatic imine (C=N–C) groups is 1. The van der Waals surface area contributed by atoms with Gasteiger partial charge in [-0.2, -0.15) is 0 Å². The molecule has 37 heavy (non-hydrogen) atoms. The van der Waals surface area contributed by atoms with Crippen molar-refractivity contribution in [2.75, 3.05) is 0 Å². The topological polar surface area (TPSA) is 171 Å². The number of ether oxygens (including phenoxy) is 1. The summed E-state index contributed by atoms with van der Waals surface area (Å²) in [4.78, 5) is 66.8. The number of nitrogens with one attached hydrogen (secondary N) is 3. The lowest BCUT2D eigenvalue weighted by Gasteiger charge is -2.33. The number of hydrogen-bond acceptors (Lipinski definition) is 7. The molecular weight excluding hydrogens is 480 g/mol. The molecule has 3 heterocycles. The van der Waals surface area contributed by atoms with Gasteiger partial charge < -0.3 is 25.1 Å². The second kappa shape index (κ2) is 10.9. The van der Waals surface area contributed by atoms with Crippen LogP contribution >= 0.6 is 0 Å². The number of carboxylic acids is 1. The summed E-state index contributed by atoms with van der Waals surface area (Å²) in [6.07, 6.45) is 11.0. The van der Waals surface area contributed by atoms with E-state index in [0.717, 1.165) is 51.4 Å². The van der Waals surface area contributed by atoms with E-state index in [2.05, 4.69) is 20.3 Å². The molecule has 2 saturated carbocycles. The van der Waals surface area contributed by atoms with Crippen LogP contribution in [0.4, 0.5) is 0 Å². The van der Waals surface area contributed by atoms with Crippen LogP contribution in [-0.2, 0) is 14.3 Å². The molecule has 2 aromatic rings. The van der Waals surface area contributed by atoms with Crippen LogP contribution in [0.1, 0.15) is 80.1 Å². The average Bonchev–Trinajstić information content (AvgIpc) is 3.21. The summed E-state index contributed by atoms with van der Waals surface area (Å²) >= 11 is 0. The van der Waals surface area contributed by atoms with Crippen molar-refractivity contribution in [2.24, 2.45) is 4.99 Å². The maximum absolute atomic E-state index is 12.0. The number of carboxylic acid groups (broad SMARTS) is 1. The lowest BCUT2D eigenvalue weighted by atomic mass is 9.81. The van der Waals surface area contributed by atoms with Crippen LogP contribution < -0.4 is 16.4 Å². The normalized spacial score (nSPS) is 19.7. The second-order valence-corrected chi connectivity index (χ2v) is 9.68. The van der Waals surface area contributed by atoms with Crippen molar-refractivity contribution in [3.05, 3.63) is 68.5 Å². The highest BCUT2D eigenvalue weighted by Gasteiger charge is 2.46. The summed E-state index contributed by atoms with van der Waals surface area (Å²) in [7, 11) is 0. The highest BCUT2D eigenvalue weighted by atomic mass is 16.6. The van der Waals surface area contributed by atoms with E-state index in [1.807, 2.05) is 0 Å². The van der Waals surface area contributed by atoms with E-state index < -0.39 is 23.0 Å². The van der Waals surface area contributed by atoms with Crippen LogP contribution in [0, 0.1) is 0 Å². The van der Waals surface area contributed by atoms with Crippen LogP contribution in [-0.4, -0.2) is 49.9 Å². The first-order chi connectivity index (χ1) is 17.7. The van der Waals surface area contributed by atoms with Crippen LogP contribution in [0.2, 0.25) is 0 Å². The van der Waals surface area contributed by atoms with E-state index in [4.69, 9.17) is 4.74 Å². The molecule has 3 aliphatic rings. The molecule has 0 radical (unpaired) electrons. The van der Waals surface area contributed by atoms with E-state index in [-0.39, 0.29) is 22.7 Å². The fraction of sp³-hybridized carbons (Fsp3) is 0.462. The third-order valence-corrected chi connectivity index (χ3v) is 7.11. The molecule has 0 unspecified atom stereocenters. The Morgan fingerprint density at radius 2 is 1.43 bits per heavy atom. The van der Waals surface area contributed by atoms with Gasteiger partial charge in [0.05, 0.1) is 11.1 Å². The molecule has 0 aromatic carbocycles. The van der Waals surface area contributed by atoms with Gasteiger partial charge in [-0.1, -0.05) is 38.5 Å². The number of aliphatic carboxylic acids is 1. The van der Waals surface area contributed by atoms with E-state index >= 15 is 0 Å². The predicted octanol–water partition coefficient (Wildman–Crippen LogP) is 2.27. The third kappa shape index (κ3) is 5.87. The average molecular weight is 511 g/mol. The summed E-state index contributed by atoms with van der Waals surface area (Å²) in [5, 5.41) is 12.0. The third-order valence-electron chi connectivity index (χ3n) is 7.11. The van der Waals surface area contributed by atoms with Gasteiger partial charge in [-0.05, 0) is 37.8 Å². The predicted molar refractivity (Wildman–Crippen MR) is 133 cm³/mol. The number of esters is 1. The van der Waals surface area contributed by atoms with Crippen molar-refractivity contribution < 1.29 is 24.2 Å². The number of aromatic amines is 2. The molecule has 196 valence electrons. The minimum atomic E-state index is -1.18. The Hall–Kier alpha value is -4.02. The first kappa shape index (κ1) is 26.1. The Morgan fingerprint density at radius 3 is 1.97 bits per heavy atom. The smallest absolute Gasteiger partial charge is 0.340 e. The molecular formula is C26H30N4O7. The van der Waals surface area contributed by atoms with Gasteiger partial charge >= 0.3 is 11.9 Å². The number of rotatable bonds is 4. The lowest BCUT2D eigenvalue weighted by molar-refractivity contribution is -0.146. The van der Waals surface area contributed by atoms with E-state index in [1.54, 1.807) is 6.07 Å². The van der Waals surface area contributed by atoms with Crippen LogP contribution in [0.25, 0.3) is 0 Å². The largest absolute Gasteiger partial charge is 0.480 e. The summed E-state index contributed by atoms with van der Waals surface area (Å²) in [5.41, 5.74) is -1.43. The van der Waals surface area contributed by atoms with Gasteiger partial charge in [-0.15, -0.1) is 0 Å². The molecule has 0 saturated heterocycles. The maximum atomic E-state index is 12.0. The molecule has 0 atom stereocenters. The molecule has 1 spiro atoms. The van der Waals surface area contributed by atoms with Crippen molar-refractivity contribution in [3.8, 4) is 0 Å². The highest BCUT2D eigenvalue weighted by Crippen LogP contribution is 2.37. The summed E-state index contributed by atoms with van der Waals surface area (Å²) in [6, 6.07) is 5.64. The SMILES string of the molecule is O=C(NC1(C(=O)O)CCCCC1)c1ccc(=O)[nH]c1.O=C1OC(c2ccc(=O)[nH]c2)=NC12CCCCC2. The summed E-state index contributed by atoms with van der Waals surface area (Å²) in [6.45, 7) is 0. The molecule has 4 N–H and O–H groups in total. The molecule has 11 nitrogen and oxygen atoms in total. The van der Waals surface area contributed by atoms with Gasteiger partial charge in [-0.25, -0.2) is 14.6 Å². The number of nitrogens with zero attached hydrogens (tertiary/aromatic N) is 1. The Labute approximate surface area is 212 Å². The molecule has 2 aromatic heterocycles. The number of H-pyrrole nitrogens is 2. The van der Waals surface area contributed by atoms with Crippen molar-refractivity contribution in [2.45, 2.75) is 75.3 Å². The Bertz CT molecular complexity index is 1270.